The van der Waals surface area contributed by atoms with E-state index >= 15 is 0 Å². The fourth-order valence-electron chi connectivity index (χ4n) is 1.23. The molecule has 2 heterocycles. The van der Waals surface area contributed by atoms with Gasteiger partial charge in [-0.1, -0.05) is 13.8 Å². The van der Waals surface area contributed by atoms with Crippen molar-refractivity contribution in [3.63, 3.8) is 0 Å². The van der Waals surface area contributed by atoms with E-state index in [-0.39, 0.29) is 0 Å². The van der Waals surface area contributed by atoms with Gasteiger partial charge in [-0.3, -0.25) is 4.98 Å². The lowest BCUT2D eigenvalue weighted by Gasteiger charge is -2.04. The van der Waals surface area contributed by atoms with Crippen LogP contribution in [0.3, 0.4) is 0 Å². The molecule has 0 unspecified atom stereocenters. The summed E-state index contributed by atoms with van der Waals surface area (Å²) in [5.74, 6) is 0. The molecule has 0 amide bonds. The molecule has 0 bridgehead atoms. The number of hydrogen-bond donors (Lipinski definition) is 0. The van der Waals surface area contributed by atoms with Crippen LogP contribution < -0.4 is 0 Å². The smallest absolute Gasteiger partial charge is 0.250 e. The number of thiophene rings is 1. The second-order valence-corrected chi connectivity index (χ2v) is 4.25. The molecule has 0 saturated carbocycles. The molecule has 88 valence electrons. The Morgan fingerprint density at radius 1 is 1.19 bits per heavy atom. The molecule has 0 aromatic carbocycles. The summed E-state index contributed by atoms with van der Waals surface area (Å²) in [5, 5.41) is 0.606. The zero-order valence-corrected chi connectivity index (χ0v) is 10.0. The maximum absolute atomic E-state index is 12.3. The average Bonchev–Trinajstić information content (AvgIpc) is 2.58. The molecule has 16 heavy (non-hydrogen) atoms. The van der Waals surface area contributed by atoms with Gasteiger partial charge in [0.05, 0.1) is 4.70 Å². The predicted molar refractivity (Wildman–Crippen MR) is 60.7 cm³/mol. The lowest BCUT2D eigenvalue weighted by Crippen LogP contribution is -2.06. The standard InChI is InChI=1S/C9H6F3NS.C2H6/c1-5-2-6-3-8(9(10,11)12)13-4-7(6)14-5;1-2/h2-4H,1H3;1-2H3. The normalized spacial score (nSPS) is 11.1. The van der Waals surface area contributed by atoms with E-state index in [1.807, 2.05) is 20.8 Å². The van der Waals surface area contributed by atoms with Crippen molar-refractivity contribution < 1.29 is 13.2 Å². The first-order chi connectivity index (χ1) is 7.47. The van der Waals surface area contributed by atoms with Gasteiger partial charge >= 0.3 is 6.18 Å². The average molecular weight is 247 g/mol. The molecular formula is C11H12F3NS. The molecule has 0 aliphatic heterocycles. The Morgan fingerprint density at radius 2 is 1.81 bits per heavy atom. The van der Waals surface area contributed by atoms with E-state index in [0.29, 0.717) is 5.39 Å². The molecule has 0 saturated heterocycles. The van der Waals surface area contributed by atoms with E-state index in [9.17, 15) is 13.2 Å². The summed E-state index contributed by atoms with van der Waals surface area (Å²) >= 11 is 1.44. The number of aryl methyl sites for hydroxylation is 1. The van der Waals surface area contributed by atoms with Crippen LogP contribution >= 0.6 is 11.3 Å². The van der Waals surface area contributed by atoms with Crippen LogP contribution in [0, 0.1) is 6.92 Å². The van der Waals surface area contributed by atoms with Gasteiger partial charge in [-0.25, -0.2) is 0 Å². The first-order valence-corrected chi connectivity index (χ1v) is 5.72. The van der Waals surface area contributed by atoms with Gasteiger partial charge in [0.15, 0.2) is 0 Å². The van der Waals surface area contributed by atoms with Gasteiger partial charge in [-0.05, 0) is 24.4 Å². The Hall–Kier alpha value is -1.10. The summed E-state index contributed by atoms with van der Waals surface area (Å²) in [5.41, 5.74) is -0.831. The molecule has 0 atom stereocenters. The summed E-state index contributed by atoms with van der Waals surface area (Å²) in [6.07, 6.45) is -3.08. The minimum Gasteiger partial charge on any atom is -0.250 e. The SMILES string of the molecule is CC.Cc1cc2cc(C(F)(F)F)ncc2s1. The van der Waals surface area contributed by atoms with E-state index in [1.54, 1.807) is 6.07 Å². The highest BCUT2D eigenvalue weighted by Gasteiger charge is 2.32. The number of rotatable bonds is 0. The fraction of sp³-hybridized carbons (Fsp3) is 0.364. The molecule has 0 spiro atoms. The van der Waals surface area contributed by atoms with Crippen LogP contribution in [0.5, 0.6) is 0 Å². The van der Waals surface area contributed by atoms with Crippen LogP contribution in [0.4, 0.5) is 13.2 Å². The number of halogens is 3. The first-order valence-electron chi connectivity index (χ1n) is 4.90. The fourth-order valence-corrected chi connectivity index (χ4v) is 2.11. The lowest BCUT2D eigenvalue weighted by molar-refractivity contribution is -0.141. The molecule has 2 aromatic rings. The Morgan fingerprint density at radius 3 is 2.38 bits per heavy atom. The largest absolute Gasteiger partial charge is 0.433 e. The lowest BCUT2D eigenvalue weighted by atomic mass is 10.2. The third kappa shape index (κ3) is 2.72. The molecule has 0 fully saturated rings. The maximum atomic E-state index is 12.3. The third-order valence-corrected chi connectivity index (χ3v) is 2.82. The monoisotopic (exact) mass is 247 g/mol. The van der Waals surface area contributed by atoms with Crippen LogP contribution in [0.25, 0.3) is 10.1 Å². The van der Waals surface area contributed by atoms with Crippen molar-refractivity contribution in [1.29, 1.82) is 0 Å². The van der Waals surface area contributed by atoms with Crippen molar-refractivity contribution in [2.45, 2.75) is 26.9 Å². The minimum absolute atomic E-state index is 0.606. The second-order valence-electron chi connectivity index (χ2n) is 2.96. The summed E-state index contributed by atoms with van der Waals surface area (Å²) < 4.78 is 37.6. The highest BCUT2D eigenvalue weighted by molar-refractivity contribution is 7.18. The van der Waals surface area contributed by atoms with Crippen LogP contribution in [-0.4, -0.2) is 4.98 Å². The summed E-state index contributed by atoms with van der Waals surface area (Å²) in [7, 11) is 0. The van der Waals surface area contributed by atoms with Crippen LogP contribution in [0.2, 0.25) is 0 Å². The van der Waals surface area contributed by atoms with Crippen molar-refractivity contribution >= 4 is 21.4 Å². The number of pyridine rings is 1. The number of alkyl halides is 3. The molecule has 5 heteroatoms. The molecule has 2 rings (SSSR count). The Labute approximate surface area is 95.9 Å². The zero-order valence-electron chi connectivity index (χ0n) is 9.22. The molecule has 0 aliphatic rings. The van der Waals surface area contributed by atoms with E-state index in [4.69, 9.17) is 0 Å². The third-order valence-electron chi connectivity index (χ3n) is 1.82. The Kier molecular flexibility index (Phi) is 3.91. The van der Waals surface area contributed by atoms with Crippen molar-refractivity contribution in [3.05, 3.63) is 28.9 Å². The number of fused-ring (bicyclic) bond motifs is 1. The van der Waals surface area contributed by atoms with E-state index < -0.39 is 11.9 Å². The number of aromatic nitrogens is 1. The molecule has 0 N–H and O–H groups in total. The van der Waals surface area contributed by atoms with Crippen LogP contribution in [0.1, 0.15) is 24.4 Å². The van der Waals surface area contributed by atoms with Crippen LogP contribution in [-0.2, 0) is 6.18 Å². The highest BCUT2D eigenvalue weighted by atomic mass is 32.1. The van der Waals surface area contributed by atoms with Crippen molar-refractivity contribution in [3.8, 4) is 0 Å². The van der Waals surface area contributed by atoms with Gasteiger partial charge in [0.25, 0.3) is 0 Å². The number of hydrogen-bond acceptors (Lipinski definition) is 2. The van der Waals surface area contributed by atoms with Crippen molar-refractivity contribution in [2.24, 2.45) is 0 Å². The van der Waals surface area contributed by atoms with E-state index in [2.05, 4.69) is 4.98 Å². The molecule has 0 radical (unpaired) electrons. The summed E-state index contributed by atoms with van der Waals surface area (Å²) in [6.45, 7) is 5.86. The molecular weight excluding hydrogens is 235 g/mol. The minimum atomic E-state index is -4.36. The first kappa shape index (κ1) is 13.0. The van der Waals surface area contributed by atoms with Gasteiger partial charge in [-0.15, -0.1) is 11.3 Å². The summed E-state index contributed by atoms with van der Waals surface area (Å²) in [4.78, 5) is 4.36. The zero-order chi connectivity index (χ0) is 12.3. The van der Waals surface area contributed by atoms with Gasteiger partial charge in [0, 0.05) is 11.1 Å². The Bertz CT molecular complexity index is 474. The Balaban J connectivity index is 0.000000606. The summed E-state index contributed by atoms with van der Waals surface area (Å²) in [6, 6.07) is 2.82. The van der Waals surface area contributed by atoms with Gasteiger partial charge < -0.3 is 0 Å². The van der Waals surface area contributed by atoms with E-state index in [1.165, 1.54) is 17.5 Å². The number of nitrogens with zero attached hydrogens (tertiary/aromatic N) is 1. The van der Waals surface area contributed by atoms with Crippen molar-refractivity contribution in [2.75, 3.05) is 0 Å². The van der Waals surface area contributed by atoms with Gasteiger partial charge in [-0.2, -0.15) is 13.2 Å². The van der Waals surface area contributed by atoms with Gasteiger partial charge in [0.2, 0.25) is 0 Å². The van der Waals surface area contributed by atoms with E-state index in [0.717, 1.165) is 15.6 Å². The predicted octanol–water partition coefficient (Wildman–Crippen LogP) is 4.65. The van der Waals surface area contributed by atoms with Crippen molar-refractivity contribution in [1.82, 2.24) is 4.98 Å². The molecule has 0 aliphatic carbocycles. The molecule has 1 nitrogen and oxygen atoms in total. The maximum Gasteiger partial charge on any atom is 0.433 e. The highest BCUT2D eigenvalue weighted by Crippen LogP contribution is 2.31. The van der Waals surface area contributed by atoms with Gasteiger partial charge in [0.1, 0.15) is 5.69 Å². The topological polar surface area (TPSA) is 12.9 Å². The van der Waals surface area contributed by atoms with Crippen LogP contribution in [0.15, 0.2) is 18.3 Å². The quantitative estimate of drug-likeness (QED) is 0.660. The molecule has 2 aromatic heterocycles. The second kappa shape index (κ2) is 4.82.